The molecule has 1 aliphatic carbocycles. The summed E-state index contributed by atoms with van der Waals surface area (Å²) in [6.45, 7) is 0. The van der Waals surface area contributed by atoms with Gasteiger partial charge in [0.05, 0.1) is 12.8 Å². The van der Waals surface area contributed by atoms with E-state index in [1.54, 1.807) is 37.4 Å². The van der Waals surface area contributed by atoms with E-state index in [4.69, 9.17) is 26.0 Å². The molecule has 0 bridgehead atoms. The molecule has 0 aliphatic heterocycles. The molecule has 12 heteroatoms. The van der Waals surface area contributed by atoms with Crippen LogP contribution in [0.1, 0.15) is 43.0 Å². The van der Waals surface area contributed by atoms with Crippen LogP contribution in [0.25, 0.3) is 16.7 Å². The van der Waals surface area contributed by atoms with Gasteiger partial charge in [-0.05, 0) is 60.4 Å². The molecule has 1 aromatic heterocycles. The molecular weight excluding hydrogens is 549 g/mol. The molecule has 0 fully saturated rings. The largest absolute Gasteiger partial charge is 0.497 e. The summed E-state index contributed by atoms with van der Waals surface area (Å²) in [6.07, 6.45) is -3.00. The smallest absolute Gasteiger partial charge is 0.429 e. The van der Waals surface area contributed by atoms with E-state index in [0.29, 0.717) is 37.1 Å². The number of rotatable bonds is 9. The molecule has 3 aromatic rings. The highest BCUT2D eigenvalue weighted by molar-refractivity contribution is 5.85. The molecule has 0 amide bonds. The zero-order valence-electron chi connectivity index (χ0n) is 21.6. The van der Waals surface area contributed by atoms with Crippen molar-refractivity contribution >= 4 is 29.9 Å². The number of allylic oxidation sites excluding steroid dienone is 2. The average Bonchev–Trinajstić information content (AvgIpc) is 2.91. The van der Waals surface area contributed by atoms with Crippen molar-refractivity contribution in [3.8, 4) is 22.8 Å². The number of ether oxygens (including phenoxy) is 2. The van der Waals surface area contributed by atoms with Crippen molar-refractivity contribution in [1.29, 1.82) is 0 Å². The minimum atomic E-state index is -4.72. The van der Waals surface area contributed by atoms with E-state index in [-0.39, 0.29) is 35.7 Å². The summed E-state index contributed by atoms with van der Waals surface area (Å²) in [7, 11) is 1.54. The fourth-order valence-electron chi connectivity index (χ4n) is 4.56. The average molecular weight is 579 g/mol. The van der Waals surface area contributed by atoms with Crippen molar-refractivity contribution in [2.75, 3.05) is 12.8 Å². The van der Waals surface area contributed by atoms with Crippen LogP contribution in [0.4, 0.5) is 19.1 Å². The lowest BCUT2D eigenvalue weighted by Crippen LogP contribution is -2.32. The fraction of sp³-hybridized carbons (Fsp3) is 0.321. The first-order chi connectivity index (χ1) is 18.5. The van der Waals surface area contributed by atoms with Crippen LogP contribution >= 0.6 is 12.4 Å². The number of carboxylic acid groups (broad SMARTS) is 1. The Bertz CT molecular complexity index is 1350. The van der Waals surface area contributed by atoms with Gasteiger partial charge in [-0.25, -0.2) is 4.98 Å². The quantitative estimate of drug-likeness (QED) is 0.289. The van der Waals surface area contributed by atoms with E-state index in [2.05, 4.69) is 9.97 Å². The van der Waals surface area contributed by atoms with Crippen LogP contribution in [-0.4, -0.2) is 40.4 Å². The third kappa shape index (κ3) is 7.64. The number of anilines is 1. The number of nitrogens with zero attached hydrogens (tertiary/aromatic N) is 2. The van der Waals surface area contributed by atoms with E-state index < -0.39 is 24.3 Å². The third-order valence-electron chi connectivity index (χ3n) is 6.63. The predicted molar refractivity (Wildman–Crippen MR) is 147 cm³/mol. The number of nitrogens with two attached hydrogens (primary N) is 2. The second-order valence-corrected chi connectivity index (χ2v) is 9.39. The molecule has 4 rings (SSSR count). The number of hydrogen-bond acceptors (Lipinski definition) is 7. The molecule has 2 aromatic carbocycles. The Morgan fingerprint density at radius 2 is 1.85 bits per heavy atom. The maximum atomic E-state index is 14.1. The summed E-state index contributed by atoms with van der Waals surface area (Å²) in [5.74, 6) is -0.841. The highest BCUT2D eigenvalue weighted by atomic mass is 35.5. The van der Waals surface area contributed by atoms with E-state index in [0.717, 1.165) is 16.7 Å². The molecule has 0 spiro atoms. The molecule has 5 N–H and O–H groups in total. The number of alkyl halides is 3. The van der Waals surface area contributed by atoms with Gasteiger partial charge in [0.2, 0.25) is 17.9 Å². The van der Waals surface area contributed by atoms with Crippen molar-refractivity contribution in [2.45, 2.75) is 44.0 Å². The van der Waals surface area contributed by atoms with Gasteiger partial charge in [-0.2, -0.15) is 18.2 Å². The Balaban J connectivity index is 0.00000441. The topological polar surface area (TPSA) is 134 Å². The molecule has 0 saturated carbocycles. The van der Waals surface area contributed by atoms with Crippen LogP contribution in [0.3, 0.4) is 0 Å². The minimum absolute atomic E-state index is 0. The van der Waals surface area contributed by atoms with Crippen LogP contribution < -0.4 is 20.9 Å². The first-order valence-electron chi connectivity index (χ1n) is 12.3. The summed E-state index contributed by atoms with van der Waals surface area (Å²) in [5, 5.41) is 9.03. The Kier molecular flexibility index (Phi) is 9.99. The summed E-state index contributed by atoms with van der Waals surface area (Å²) in [4.78, 5) is 19.1. The minimum Gasteiger partial charge on any atom is -0.497 e. The molecule has 40 heavy (non-hydrogen) atoms. The summed E-state index contributed by atoms with van der Waals surface area (Å²) < 4.78 is 52.9. The number of carbonyl (C=O) groups is 1. The summed E-state index contributed by atoms with van der Waals surface area (Å²) in [6, 6.07) is 13.5. The lowest BCUT2D eigenvalue weighted by molar-refractivity contribution is -0.198. The number of halogens is 4. The molecule has 1 heterocycles. The summed E-state index contributed by atoms with van der Waals surface area (Å²) in [5.41, 5.74) is 14.0. The van der Waals surface area contributed by atoms with Crippen molar-refractivity contribution < 1.29 is 32.5 Å². The second kappa shape index (κ2) is 13.0. The molecule has 0 saturated heterocycles. The number of carboxylic acids is 1. The zero-order chi connectivity index (χ0) is 28.2. The van der Waals surface area contributed by atoms with Gasteiger partial charge < -0.3 is 26.0 Å². The van der Waals surface area contributed by atoms with Gasteiger partial charge in [0.25, 0.3) is 0 Å². The standard InChI is InChI=1S/C28H29F3N4O4.ClH/c1-38-21-4-2-3-20(14-21)17-9-11-19(12-10-17)25(28(29,30)31)39-24-15-23(34-27(33)35-24)18-7-5-16(6-8-18)13-22(32)26(36)37;/h2-4,7,9-12,14-16,22,25H,5-6,8,13,32H2,1H3,(H,36,37)(H2,33,34,35);1H/t16?,22-,25+;/m0./s1. The zero-order valence-corrected chi connectivity index (χ0v) is 22.4. The van der Waals surface area contributed by atoms with E-state index in [1.807, 2.05) is 12.1 Å². The second-order valence-electron chi connectivity index (χ2n) is 9.39. The van der Waals surface area contributed by atoms with Crippen LogP contribution in [0.2, 0.25) is 0 Å². The molecule has 0 radical (unpaired) electrons. The first kappa shape index (κ1) is 30.7. The fourth-order valence-corrected chi connectivity index (χ4v) is 4.56. The normalized spacial score (nSPS) is 16.7. The number of benzene rings is 2. The highest BCUT2D eigenvalue weighted by Crippen LogP contribution is 2.39. The Morgan fingerprint density at radius 1 is 1.12 bits per heavy atom. The van der Waals surface area contributed by atoms with Crippen LogP contribution in [0, 0.1) is 5.92 Å². The monoisotopic (exact) mass is 578 g/mol. The lowest BCUT2D eigenvalue weighted by atomic mass is 9.84. The van der Waals surface area contributed by atoms with E-state index in [1.165, 1.54) is 18.2 Å². The van der Waals surface area contributed by atoms with E-state index >= 15 is 0 Å². The predicted octanol–water partition coefficient (Wildman–Crippen LogP) is 5.82. The van der Waals surface area contributed by atoms with Gasteiger partial charge in [0.15, 0.2) is 0 Å². The van der Waals surface area contributed by atoms with Gasteiger partial charge in [0, 0.05) is 11.6 Å². The number of aromatic nitrogens is 2. The van der Waals surface area contributed by atoms with Crippen LogP contribution in [0.15, 0.2) is 60.7 Å². The van der Waals surface area contributed by atoms with E-state index in [9.17, 15) is 18.0 Å². The van der Waals surface area contributed by atoms with Gasteiger partial charge in [-0.1, -0.05) is 42.5 Å². The highest BCUT2D eigenvalue weighted by Gasteiger charge is 2.43. The maximum absolute atomic E-state index is 14.1. The Labute approximate surface area is 235 Å². The molecule has 1 aliphatic rings. The number of aliphatic carboxylic acids is 1. The summed E-state index contributed by atoms with van der Waals surface area (Å²) >= 11 is 0. The van der Waals surface area contributed by atoms with Gasteiger partial charge >= 0.3 is 12.1 Å². The maximum Gasteiger partial charge on any atom is 0.429 e. The molecule has 214 valence electrons. The lowest BCUT2D eigenvalue weighted by Gasteiger charge is -2.24. The van der Waals surface area contributed by atoms with Crippen LogP contribution in [0.5, 0.6) is 11.6 Å². The molecule has 3 atom stereocenters. The van der Waals surface area contributed by atoms with Crippen molar-refractivity contribution in [3.05, 3.63) is 71.9 Å². The first-order valence-corrected chi connectivity index (χ1v) is 12.3. The Morgan fingerprint density at radius 3 is 2.45 bits per heavy atom. The molecule has 1 unspecified atom stereocenters. The van der Waals surface area contributed by atoms with Gasteiger partial charge in [-0.15, -0.1) is 12.4 Å². The number of nitrogen functional groups attached to an aromatic ring is 1. The van der Waals surface area contributed by atoms with Gasteiger partial charge in [-0.3, -0.25) is 4.79 Å². The molecular formula is C28H30ClF3N4O4. The van der Waals surface area contributed by atoms with Gasteiger partial charge in [0.1, 0.15) is 11.8 Å². The van der Waals surface area contributed by atoms with Crippen LogP contribution in [-0.2, 0) is 4.79 Å². The van der Waals surface area contributed by atoms with Crippen molar-refractivity contribution in [3.63, 3.8) is 0 Å². The Hall–Kier alpha value is -3.83. The molecule has 8 nitrogen and oxygen atoms in total. The number of hydrogen-bond donors (Lipinski definition) is 3. The van der Waals surface area contributed by atoms with Crippen molar-refractivity contribution in [1.82, 2.24) is 9.97 Å². The SMILES string of the molecule is COc1cccc(-c2ccc([C@@H](Oc3cc(C4=CCC(C[C@H](N)C(=O)O)CC4)nc(N)n3)C(F)(F)F)cc2)c1.Cl. The van der Waals surface area contributed by atoms with Crippen molar-refractivity contribution in [2.24, 2.45) is 11.7 Å². The third-order valence-corrected chi connectivity index (χ3v) is 6.63. The number of methoxy groups -OCH3 is 1.